The maximum Gasteiger partial charge on any atom is 0.360 e. The summed E-state index contributed by atoms with van der Waals surface area (Å²) in [6, 6.07) is 0. The van der Waals surface area contributed by atoms with Crippen molar-refractivity contribution in [2.45, 2.75) is 40.8 Å². The van der Waals surface area contributed by atoms with Gasteiger partial charge in [0.1, 0.15) is 0 Å². The Bertz CT molecular complexity index is 1050. The van der Waals surface area contributed by atoms with Crippen molar-refractivity contribution in [2.75, 3.05) is 26.3 Å². The summed E-state index contributed by atoms with van der Waals surface area (Å²) in [4.78, 5) is 47.4. The average Bonchev–Trinajstić information content (AvgIpc) is 3.50. The first-order chi connectivity index (χ1) is 17.5. The van der Waals surface area contributed by atoms with Crippen LogP contribution in [0.25, 0.3) is 0 Å². The molecule has 0 unspecified atom stereocenters. The lowest BCUT2D eigenvalue weighted by atomic mass is 10.3. The molecule has 2 heterocycles. The molecule has 0 fully saturated rings. The van der Waals surface area contributed by atoms with E-state index in [1.54, 1.807) is 38.5 Å². The number of carbonyl (C=O) groups is 4. The van der Waals surface area contributed by atoms with Gasteiger partial charge < -0.3 is 25.1 Å². The molecule has 0 saturated carbocycles. The molecule has 0 spiro atoms. The minimum Gasteiger partial charge on any atom is -0.461 e. The molecule has 0 saturated heterocycles. The SMILES string of the molecule is C=C(C)C(=O)Cl.C=C(C)C(=O)NCCn1cnc(C(=O)OCC)c1.CCOC(=O)c1cn(CCN)nn1. The van der Waals surface area contributed by atoms with Gasteiger partial charge in [-0.2, -0.15) is 0 Å². The van der Waals surface area contributed by atoms with Crippen molar-refractivity contribution in [2.24, 2.45) is 5.73 Å². The van der Waals surface area contributed by atoms with Gasteiger partial charge in [0.2, 0.25) is 11.1 Å². The number of nitrogens with two attached hydrogens (primary N) is 1. The Morgan fingerprint density at radius 3 is 2.05 bits per heavy atom. The summed E-state index contributed by atoms with van der Waals surface area (Å²) in [6.07, 6.45) is 4.63. The molecule has 204 valence electrons. The fraction of sp³-hybridized carbons (Fsp3) is 0.435. The van der Waals surface area contributed by atoms with E-state index in [0.29, 0.717) is 50.5 Å². The molecular formula is C23H34ClN7O6. The number of nitrogens with one attached hydrogen (secondary N) is 1. The molecule has 14 heteroatoms. The highest BCUT2D eigenvalue weighted by molar-refractivity contribution is 6.67. The van der Waals surface area contributed by atoms with E-state index in [1.165, 1.54) is 17.2 Å². The van der Waals surface area contributed by atoms with Crippen LogP contribution in [0.15, 0.2) is 43.0 Å². The second-order valence-corrected chi connectivity index (χ2v) is 7.53. The zero-order valence-electron chi connectivity index (χ0n) is 21.5. The van der Waals surface area contributed by atoms with Crippen molar-refractivity contribution in [3.63, 3.8) is 0 Å². The molecule has 0 aromatic carbocycles. The molecule has 0 aliphatic carbocycles. The molecule has 0 aliphatic heterocycles. The number of hydrogen-bond acceptors (Lipinski definition) is 10. The molecule has 0 bridgehead atoms. The maximum absolute atomic E-state index is 11.3. The number of aromatic nitrogens is 5. The number of carbonyl (C=O) groups excluding carboxylic acids is 4. The largest absolute Gasteiger partial charge is 0.461 e. The van der Waals surface area contributed by atoms with Crippen LogP contribution in [0.4, 0.5) is 0 Å². The lowest BCUT2D eigenvalue weighted by Crippen LogP contribution is -2.27. The number of allylic oxidation sites excluding steroid dienone is 1. The molecule has 2 aromatic rings. The monoisotopic (exact) mass is 539 g/mol. The first kappa shape index (κ1) is 33.2. The van der Waals surface area contributed by atoms with Gasteiger partial charge in [-0.15, -0.1) is 5.10 Å². The van der Waals surface area contributed by atoms with Crippen LogP contribution in [0.3, 0.4) is 0 Å². The van der Waals surface area contributed by atoms with Crippen molar-refractivity contribution in [3.05, 3.63) is 54.4 Å². The van der Waals surface area contributed by atoms with E-state index in [2.05, 4.69) is 33.8 Å². The highest BCUT2D eigenvalue weighted by Crippen LogP contribution is 1.99. The normalized spacial score (nSPS) is 9.57. The second kappa shape index (κ2) is 18.4. The zero-order valence-corrected chi connectivity index (χ0v) is 22.3. The van der Waals surface area contributed by atoms with E-state index in [0.717, 1.165) is 0 Å². The van der Waals surface area contributed by atoms with Crippen LogP contribution in [0.5, 0.6) is 0 Å². The van der Waals surface area contributed by atoms with E-state index in [9.17, 15) is 19.2 Å². The highest BCUT2D eigenvalue weighted by Gasteiger charge is 2.11. The summed E-state index contributed by atoms with van der Waals surface area (Å²) < 4.78 is 12.8. The zero-order chi connectivity index (χ0) is 28.4. The quantitative estimate of drug-likeness (QED) is 0.242. The van der Waals surface area contributed by atoms with Crippen LogP contribution in [-0.4, -0.2) is 73.9 Å². The van der Waals surface area contributed by atoms with Crippen molar-refractivity contribution >= 4 is 34.7 Å². The van der Waals surface area contributed by atoms with Gasteiger partial charge in [0.15, 0.2) is 11.4 Å². The molecule has 13 nitrogen and oxygen atoms in total. The van der Waals surface area contributed by atoms with Gasteiger partial charge in [0.25, 0.3) is 0 Å². The molecule has 3 N–H and O–H groups in total. The Morgan fingerprint density at radius 1 is 1.00 bits per heavy atom. The summed E-state index contributed by atoms with van der Waals surface area (Å²) in [5, 5.41) is 9.56. The third-order valence-electron chi connectivity index (χ3n) is 3.88. The molecule has 2 rings (SSSR count). The van der Waals surface area contributed by atoms with Crippen LogP contribution in [0.2, 0.25) is 0 Å². The smallest absolute Gasteiger partial charge is 0.360 e. The number of rotatable bonds is 11. The summed E-state index contributed by atoms with van der Waals surface area (Å²) >= 11 is 4.87. The molecule has 0 radical (unpaired) electrons. The number of hydrogen-bond donors (Lipinski definition) is 2. The van der Waals surface area contributed by atoms with Crippen LogP contribution < -0.4 is 11.1 Å². The van der Waals surface area contributed by atoms with E-state index in [-0.39, 0.29) is 17.3 Å². The van der Waals surface area contributed by atoms with Crippen molar-refractivity contribution in [3.8, 4) is 0 Å². The lowest BCUT2D eigenvalue weighted by molar-refractivity contribution is -0.117. The number of amides is 1. The summed E-state index contributed by atoms with van der Waals surface area (Å²) in [5.41, 5.74) is 6.64. The predicted octanol–water partition coefficient (Wildman–Crippen LogP) is 1.49. The van der Waals surface area contributed by atoms with Crippen molar-refractivity contribution in [1.82, 2.24) is 29.9 Å². The average molecular weight is 540 g/mol. The Kier molecular flexibility index (Phi) is 16.5. The number of nitrogens with zero attached hydrogens (tertiary/aromatic N) is 5. The van der Waals surface area contributed by atoms with Gasteiger partial charge in [-0.25, -0.2) is 14.6 Å². The summed E-state index contributed by atoms with van der Waals surface area (Å²) in [7, 11) is 0. The first-order valence-corrected chi connectivity index (χ1v) is 11.6. The number of esters is 2. The van der Waals surface area contributed by atoms with Crippen LogP contribution in [-0.2, 0) is 32.2 Å². The minimum absolute atomic E-state index is 0.180. The highest BCUT2D eigenvalue weighted by atomic mass is 35.5. The fourth-order valence-corrected chi connectivity index (χ4v) is 2.08. The number of halogens is 1. The predicted molar refractivity (Wildman–Crippen MR) is 137 cm³/mol. The fourth-order valence-electron chi connectivity index (χ4n) is 2.08. The van der Waals surface area contributed by atoms with Crippen LogP contribution >= 0.6 is 11.6 Å². The van der Waals surface area contributed by atoms with Gasteiger partial charge in [0, 0.05) is 37.0 Å². The van der Waals surface area contributed by atoms with Crippen LogP contribution in [0, 0.1) is 0 Å². The second-order valence-electron chi connectivity index (χ2n) is 7.18. The van der Waals surface area contributed by atoms with Crippen LogP contribution in [0.1, 0.15) is 48.7 Å². The summed E-state index contributed by atoms with van der Waals surface area (Å²) in [6.45, 7) is 16.1. The Morgan fingerprint density at radius 2 is 1.57 bits per heavy atom. The van der Waals surface area contributed by atoms with E-state index < -0.39 is 17.2 Å². The third-order valence-corrected chi connectivity index (χ3v) is 4.20. The molecule has 0 atom stereocenters. The van der Waals surface area contributed by atoms with Gasteiger partial charge in [0.05, 0.1) is 32.3 Å². The third kappa shape index (κ3) is 14.3. The molecule has 0 aliphatic rings. The van der Waals surface area contributed by atoms with Gasteiger partial charge >= 0.3 is 11.9 Å². The van der Waals surface area contributed by atoms with E-state index in [4.69, 9.17) is 26.8 Å². The van der Waals surface area contributed by atoms with Gasteiger partial charge in [-0.05, 0) is 39.3 Å². The summed E-state index contributed by atoms with van der Waals surface area (Å²) in [5.74, 6) is -1.08. The Hall–Kier alpha value is -3.84. The molecule has 1 amide bonds. The topological polar surface area (TPSA) is 173 Å². The molecular weight excluding hydrogens is 506 g/mol. The maximum atomic E-state index is 11.3. The van der Waals surface area contributed by atoms with Crippen molar-refractivity contribution in [1.29, 1.82) is 0 Å². The minimum atomic E-state index is -0.463. The van der Waals surface area contributed by atoms with E-state index >= 15 is 0 Å². The standard InChI is InChI=1S/C12H17N3O3.C7H12N4O2.C4H5ClO/c1-4-18-12(17)10-7-15(8-14-10)6-5-13-11(16)9(2)3;1-2-13-7(12)6-5-11(4-3-8)10-9-6;1-3(2)4(5)6/h7-8H,2,4-6H2,1,3H3,(H,13,16);5H,2-4,8H2,1H3;1H2,2H3. The molecule has 37 heavy (non-hydrogen) atoms. The Labute approximate surface area is 220 Å². The van der Waals surface area contributed by atoms with Gasteiger partial charge in [-0.3, -0.25) is 14.3 Å². The molecule has 2 aromatic heterocycles. The Balaban J connectivity index is 0.000000594. The van der Waals surface area contributed by atoms with Crippen molar-refractivity contribution < 1.29 is 28.7 Å². The first-order valence-electron chi connectivity index (χ1n) is 11.2. The lowest BCUT2D eigenvalue weighted by Gasteiger charge is -2.04. The number of imidazole rings is 1. The van der Waals surface area contributed by atoms with E-state index in [1.807, 2.05) is 0 Å². The number of ether oxygens (including phenoxy) is 2. The van der Waals surface area contributed by atoms with Gasteiger partial charge in [-0.1, -0.05) is 18.4 Å².